The molecule has 2 aromatic rings. The Kier molecular flexibility index (Phi) is 6.90. The minimum absolute atomic E-state index is 0.0364. The summed E-state index contributed by atoms with van der Waals surface area (Å²) in [6, 6.07) is 7.60. The number of hydrogen-bond donors (Lipinski definition) is 4. The van der Waals surface area contributed by atoms with Gasteiger partial charge in [0.25, 0.3) is 17.7 Å². The van der Waals surface area contributed by atoms with Gasteiger partial charge < -0.3 is 20.5 Å². The number of carboxylic acid groups (broad SMARTS) is 1. The molecule has 1 atom stereocenters. The summed E-state index contributed by atoms with van der Waals surface area (Å²) >= 11 is 0. The number of amides is 4. The number of benzene rings is 2. The van der Waals surface area contributed by atoms with Gasteiger partial charge in [-0.15, -0.1) is 0 Å². The molecule has 2 heterocycles. The maximum atomic E-state index is 13.0. The highest BCUT2D eigenvalue weighted by Crippen LogP contribution is 2.31. The van der Waals surface area contributed by atoms with Crippen molar-refractivity contribution in [2.24, 2.45) is 0 Å². The monoisotopic (exact) mass is 480 g/mol. The molecule has 4 rings (SSSR count). The number of aromatic carboxylic acids is 1. The van der Waals surface area contributed by atoms with Crippen LogP contribution < -0.4 is 20.9 Å². The molecule has 1 saturated heterocycles. The summed E-state index contributed by atoms with van der Waals surface area (Å²) < 4.78 is 5.03. The van der Waals surface area contributed by atoms with Crippen LogP contribution in [-0.4, -0.2) is 67.6 Å². The normalized spacial score (nSPS) is 16.8. The van der Waals surface area contributed by atoms with E-state index in [1.54, 1.807) is 0 Å². The third kappa shape index (κ3) is 4.77. The van der Waals surface area contributed by atoms with Crippen molar-refractivity contribution in [3.05, 3.63) is 58.7 Å². The van der Waals surface area contributed by atoms with E-state index >= 15 is 0 Å². The molecule has 2 aliphatic rings. The van der Waals surface area contributed by atoms with Crippen LogP contribution in [0.3, 0.4) is 0 Å². The fraction of sp³-hybridized carbons (Fsp3) is 0.292. The largest absolute Gasteiger partial charge is 0.478 e. The lowest BCUT2D eigenvalue weighted by Crippen LogP contribution is -2.43. The molecule has 2 aliphatic heterocycles. The Hall–Kier alpha value is -4.09. The zero-order chi connectivity index (χ0) is 25.1. The molecule has 35 heavy (non-hydrogen) atoms. The van der Waals surface area contributed by atoms with E-state index < -0.39 is 35.6 Å². The highest BCUT2D eigenvalue weighted by atomic mass is 16.5. The van der Waals surface area contributed by atoms with Crippen molar-refractivity contribution in [3.63, 3.8) is 0 Å². The number of ether oxygens (including phenoxy) is 1. The van der Waals surface area contributed by atoms with Crippen LogP contribution >= 0.6 is 0 Å². The van der Waals surface area contributed by atoms with Crippen LogP contribution in [0.25, 0.3) is 0 Å². The summed E-state index contributed by atoms with van der Waals surface area (Å²) in [5.41, 5.74) is 0.472. The molecular weight excluding hydrogens is 456 g/mol. The van der Waals surface area contributed by atoms with E-state index in [1.807, 2.05) is 0 Å². The average Bonchev–Trinajstić information content (AvgIpc) is 3.47. The zero-order valence-corrected chi connectivity index (χ0v) is 18.9. The van der Waals surface area contributed by atoms with Gasteiger partial charge in [0.15, 0.2) is 0 Å². The zero-order valence-electron chi connectivity index (χ0n) is 18.9. The lowest BCUT2D eigenvalue weighted by atomic mass is 10.1. The summed E-state index contributed by atoms with van der Waals surface area (Å²) in [5, 5.41) is 17.7. The molecule has 2 aromatic carbocycles. The highest BCUT2D eigenvalue weighted by molar-refractivity contribution is 6.35. The summed E-state index contributed by atoms with van der Waals surface area (Å²) in [7, 11) is 1.53. The van der Waals surface area contributed by atoms with Crippen molar-refractivity contribution in [2.75, 3.05) is 37.0 Å². The minimum atomic E-state index is -1.22. The van der Waals surface area contributed by atoms with Gasteiger partial charge in [0.2, 0.25) is 5.91 Å². The minimum Gasteiger partial charge on any atom is -0.478 e. The van der Waals surface area contributed by atoms with Gasteiger partial charge in [0.05, 0.1) is 40.6 Å². The molecule has 4 amide bonds. The second-order valence-corrected chi connectivity index (χ2v) is 8.13. The molecule has 1 unspecified atom stereocenters. The van der Waals surface area contributed by atoms with Crippen LogP contribution in [0.5, 0.6) is 0 Å². The molecule has 4 N–H and O–H groups in total. The van der Waals surface area contributed by atoms with Gasteiger partial charge in [-0.05, 0) is 55.8 Å². The molecule has 0 aromatic heterocycles. The molecule has 0 aliphatic carbocycles. The Morgan fingerprint density at radius 1 is 1.11 bits per heavy atom. The Balaban J connectivity index is 1.65. The van der Waals surface area contributed by atoms with Crippen LogP contribution in [0.15, 0.2) is 36.4 Å². The first kappa shape index (κ1) is 24.0. The van der Waals surface area contributed by atoms with E-state index in [9.17, 15) is 29.1 Å². The number of methoxy groups -OCH3 is 1. The van der Waals surface area contributed by atoms with E-state index in [-0.39, 0.29) is 27.9 Å². The number of hydrogen-bond acceptors (Lipinski definition) is 8. The number of fused-ring (bicyclic) bond motifs is 1. The first-order valence-corrected chi connectivity index (χ1v) is 11.0. The van der Waals surface area contributed by atoms with E-state index in [4.69, 9.17) is 4.74 Å². The number of anilines is 2. The lowest BCUT2D eigenvalue weighted by Gasteiger charge is -2.18. The summed E-state index contributed by atoms with van der Waals surface area (Å²) in [6.07, 6.45) is 1.44. The first-order chi connectivity index (χ1) is 16.8. The standard InChI is InChI=1S/C24H24N4O7/c1-35-10-9-26-18-7-5-14(12-17(18)20(29)27-21(30)19-3-2-8-25-19)28-22(31)15-6-4-13(24(33)34)11-16(15)23(28)32/h4-7,11-12,19,25-26H,2-3,8-10H2,1H3,(H,33,34)(H,27,29,30). The van der Waals surface area contributed by atoms with Crippen LogP contribution in [0, 0.1) is 0 Å². The smallest absolute Gasteiger partial charge is 0.335 e. The highest BCUT2D eigenvalue weighted by Gasteiger charge is 2.38. The predicted molar refractivity (Wildman–Crippen MR) is 125 cm³/mol. The molecular formula is C24H24N4O7. The third-order valence-electron chi connectivity index (χ3n) is 5.87. The summed E-state index contributed by atoms with van der Waals surface area (Å²) in [4.78, 5) is 63.7. The molecule has 1 fully saturated rings. The molecule has 0 saturated carbocycles. The number of carboxylic acids is 1. The van der Waals surface area contributed by atoms with Crippen molar-refractivity contribution in [1.82, 2.24) is 10.6 Å². The van der Waals surface area contributed by atoms with Gasteiger partial charge >= 0.3 is 5.97 Å². The van der Waals surface area contributed by atoms with Crippen LogP contribution in [0.4, 0.5) is 11.4 Å². The quantitative estimate of drug-likeness (QED) is 0.323. The molecule has 0 bridgehead atoms. The van der Waals surface area contributed by atoms with Gasteiger partial charge in [-0.2, -0.15) is 0 Å². The fourth-order valence-corrected chi connectivity index (χ4v) is 4.08. The number of nitrogens with zero attached hydrogens (tertiary/aromatic N) is 1. The fourth-order valence-electron chi connectivity index (χ4n) is 4.08. The molecule has 182 valence electrons. The van der Waals surface area contributed by atoms with Crippen LogP contribution in [0.1, 0.15) is 54.3 Å². The second-order valence-electron chi connectivity index (χ2n) is 8.13. The Labute approximate surface area is 200 Å². The van der Waals surface area contributed by atoms with Gasteiger partial charge in [-0.1, -0.05) is 0 Å². The Bertz CT molecular complexity index is 1220. The number of carbonyl (C=O) groups excluding carboxylic acids is 4. The lowest BCUT2D eigenvalue weighted by molar-refractivity contribution is -0.121. The van der Waals surface area contributed by atoms with E-state index in [0.717, 1.165) is 17.4 Å². The van der Waals surface area contributed by atoms with Gasteiger partial charge in [-0.25, -0.2) is 9.69 Å². The maximum Gasteiger partial charge on any atom is 0.335 e. The molecule has 0 spiro atoms. The first-order valence-electron chi connectivity index (χ1n) is 11.0. The molecule has 11 heteroatoms. The number of imide groups is 2. The Morgan fingerprint density at radius 2 is 1.89 bits per heavy atom. The second kappa shape index (κ2) is 10.0. The van der Waals surface area contributed by atoms with Gasteiger partial charge in [0.1, 0.15) is 0 Å². The average molecular weight is 480 g/mol. The molecule has 0 radical (unpaired) electrons. The summed E-state index contributed by atoms with van der Waals surface area (Å²) in [6.45, 7) is 1.42. The van der Waals surface area contributed by atoms with Gasteiger partial charge in [-0.3, -0.25) is 24.5 Å². The van der Waals surface area contributed by atoms with E-state index in [1.165, 1.54) is 37.4 Å². The van der Waals surface area contributed by atoms with E-state index in [2.05, 4.69) is 16.0 Å². The van der Waals surface area contributed by atoms with E-state index in [0.29, 0.717) is 31.8 Å². The maximum absolute atomic E-state index is 13.0. The predicted octanol–water partition coefficient (Wildman–Crippen LogP) is 1.25. The van der Waals surface area contributed by atoms with Crippen molar-refractivity contribution in [2.45, 2.75) is 18.9 Å². The van der Waals surface area contributed by atoms with Crippen LogP contribution in [-0.2, 0) is 9.53 Å². The van der Waals surface area contributed by atoms with Crippen molar-refractivity contribution in [3.8, 4) is 0 Å². The number of nitrogens with one attached hydrogen (secondary N) is 3. The topological polar surface area (TPSA) is 154 Å². The van der Waals surface area contributed by atoms with Crippen LogP contribution in [0.2, 0.25) is 0 Å². The van der Waals surface area contributed by atoms with Crippen molar-refractivity contribution < 1.29 is 33.8 Å². The van der Waals surface area contributed by atoms with Gasteiger partial charge in [0, 0.05) is 19.3 Å². The van der Waals surface area contributed by atoms with Crippen molar-refractivity contribution in [1.29, 1.82) is 0 Å². The number of carbonyl (C=O) groups is 5. The third-order valence-corrected chi connectivity index (χ3v) is 5.87. The SMILES string of the molecule is COCCNc1ccc(N2C(=O)c3ccc(C(=O)O)cc3C2=O)cc1C(=O)NC(=O)C1CCCN1. The summed E-state index contributed by atoms with van der Waals surface area (Å²) in [5.74, 6) is -3.71. The van der Waals surface area contributed by atoms with Crippen molar-refractivity contribution >= 4 is 41.0 Å². The number of rotatable bonds is 8. The Morgan fingerprint density at radius 3 is 2.57 bits per heavy atom. The molecule has 11 nitrogen and oxygen atoms in total.